The number of rotatable bonds is 4. The van der Waals surface area contributed by atoms with Gasteiger partial charge < -0.3 is 20.3 Å². The standard InChI is InChI=1S/C28H34N2O6/c1-27(2,3)36-25(33)28(29)15-9-4-10-16-30(23(28)24(31)32)26(34)35-17-22-20-13-7-5-11-18(20)19-12-6-8-14-21(19)22/h5-8,11-14,22-23H,4,9-10,15-17,29H2,1-3H3,(H,31,32). The van der Waals surface area contributed by atoms with Gasteiger partial charge in [0.2, 0.25) is 0 Å². The first kappa shape index (κ1) is 25.7. The summed E-state index contributed by atoms with van der Waals surface area (Å²) in [6, 6.07) is 14.3. The molecule has 0 spiro atoms. The number of carboxylic acid groups (broad SMARTS) is 1. The normalized spacial score (nSPS) is 22.1. The highest BCUT2D eigenvalue weighted by Gasteiger charge is 2.53. The van der Waals surface area contributed by atoms with Crippen LogP contribution in [0.5, 0.6) is 0 Å². The molecule has 1 heterocycles. The van der Waals surface area contributed by atoms with Crippen molar-refractivity contribution in [2.24, 2.45) is 5.73 Å². The maximum Gasteiger partial charge on any atom is 0.410 e. The topological polar surface area (TPSA) is 119 Å². The third-order valence-corrected chi connectivity index (χ3v) is 6.87. The zero-order valence-electron chi connectivity index (χ0n) is 21.0. The molecule has 2 aliphatic rings. The van der Waals surface area contributed by atoms with Gasteiger partial charge in [0, 0.05) is 12.5 Å². The lowest BCUT2D eigenvalue weighted by atomic mass is 9.82. The maximum atomic E-state index is 13.4. The zero-order chi connectivity index (χ0) is 26.1. The number of fused-ring (bicyclic) bond motifs is 3. The third kappa shape index (κ3) is 4.95. The minimum atomic E-state index is -1.90. The lowest BCUT2D eigenvalue weighted by molar-refractivity contribution is -0.170. The van der Waals surface area contributed by atoms with Crippen LogP contribution in [-0.2, 0) is 19.1 Å². The SMILES string of the molecule is CC(C)(C)OC(=O)C1(N)CCCCCN(C(=O)OCC2c3ccccc3-c3ccccc32)C1C(=O)O. The second-order valence-electron chi connectivity index (χ2n) is 10.6. The Labute approximate surface area is 211 Å². The number of carbonyl (C=O) groups is 3. The Morgan fingerprint density at radius 3 is 2.14 bits per heavy atom. The van der Waals surface area contributed by atoms with Crippen LogP contribution >= 0.6 is 0 Å². The maximum absolute atomic E-state index is 13.4. The molecule has 2 atom stereocenters. The number of nitrogens with two attached hydrogens (primary N) is 1. The molecular formula is C28H34N2O6. The number of hydrogen-bond acceptors (Lipinski definition) is 6. The second-order valence-corrected chi connectivity index (χ2v) is 10.6. The van der Waals surface area contributed by atoms with Gasteiger partial charge >= 0.3 is 18.0 Å². The molecule has 0 radical (unpaired) electrons. The number of amides is 1. The Morgan fingerprint density at radius 1 is 1.00 bits per heavy atom. The van der Waals surface area contributed by atoms with E-state index in [1.807, 2.05) is 48.5 Å². The monoisotopic (exact) mass is 494 g/mol. The Balaban J connectivity index is 1.59. The molecule has 1 fully saturated rings. The summed E-state index contributed by atoms with van der Waals surface area (Å²) in [5.41, 5.74) is 8.03. The van der Waals surface area contributed by atoms with E-state index < -0.39 is 35.2 Å². The summed E-state index contributed by atoms with van der Waals surface area (Å²) in [5, 5.41) is 10.2. The van der Waals surface area contributed by atoms with Crippen molar-refractivity contribution in [3.05, 3.63) is 59.7 Å². The van der Waals surface area contributed by atoms with E-state index in [0.29, 0.717) is 19.3 Å². The minimum absolute atomic E-state index is 0.0414. The summed E-state index contributed by atoms with van der Waals surface area (Å²) in [7, 11) is 0. The fourth-order valence-corrected chi connectivity index (χ4v) is 5.23. The van der Waals surface area contributed by atoms with Crippen molar-refractivity contribution < 1.29 is 29.0 Å². The highest BCUT2D eigenvalue weighted by atomic mass is 16.6. The van der Waals surface area contributed by atoms with Crippen molar-refractivity contribution in [2.75, 3.05) is 13.2 Å². The third-order valence-electron chi connectivity index (χ3n) is 6.87. The van der Waals surface area contributed by atoms with Gasteiger partial charge in [-0.25, -0.2) is 14.4 Å². The fraction of sp³-hybridized carbons (Fsp3) is 0.464. The molecular weight excluding hydrogens is 460 g/mol. The predicted octanol–water partition coefficient (Wildman–Crippen LogP) is 4.30. The molecule has 8 nitrogen and oxygen atoms in total. The molecule has 2 aromatic carbocycles. The first-order valence-electron chi connectivity index (χ1n) is 12.4. The van der Waals surface area contributed by atoms with Crippen LogP contribution in [0.2, 0.25) is 0 Å². The van der Waals surface area contributed by atoms with E-state index in [4.69, 9.17) is 15.2 Å². The van der Waals surface area contributed by atoms with Crippen molar-refractivity contribution in [3.63, 3.8) is 0 Å². The Hall–Kier alpha value is -3.39. The molecule has 1 saturated heterocycles. The summed E-state index contributed by atoms with van der Waals surface area (Å²) in [5.74, 6) is -2.37. The zero-order valence-corrected chi connectivity index (χ0v) is 21.0. The summed E-state index contributed by atoms with van der Waals surface area (Å²) < 4.78 is 11.2. The van der Waals surface area contributed by atoms with Gasteiger partial charge in [-0.2, -0.15) is 0 Å². The van der Waals surface area contributed by atoms with Gasteiger partial charge in [-0.15, -0.1) is 0 Å². The molecule has 2 unspecified atom stereocenters. The van der Waals surface area contributed by atoms with Crippen LogP contribution in [0.25, 0.3) is 11.1 Å². The first-order valence-corrected chi connectivity index (χ1v) is 12.4. The summed E-state index contributed by atoms with van der Waals surface area (Å²) in [6.45, 7) is 5.23. The van der Waals surface area contributed by atoms with E-state index in [9.17, 15) is 19.5 Å². The van der Waals surface area contributed by atoms with Gasteiger partial charge in [0.25, 0.3) is 0 Å². The Kier molecular flexibility index (Phi) is 7.09. The smallest absolute Gasteiger partial charge is 0.410 e. The van der Waals surface area contributed by atoms with Crippen molar-refractivity contribution >= 4 is 18.0 Å². The van der Waals surface area contributed by atoms with Gasteiger partial charge in [-0.3, -0.25) is 4.90 Å². The van der Waals surface area contributed by atoms with Crippen LogP contribution in [0.1, 0.15) is 63.5 Å². The molecule has 0 bridgehead atoms. The molecule has 36 heavy (non-hydrogen) atoms. The van der Waals surface area contributed by atoms with Crippen molar-refractivity contribution in [3.8, 4) is 11.1 Å². The number of aliphatic carboxylic acids is 1. The molecule has 192 valence electrons. The second kappa shape index (κ2) is 9.93. The van der Waals surface area contributed by atoms with E-state index in [2.05, 4.69) is 0 Å². The molecule has 2 aromatic rings. The van der Waals surface area contributed by atoms with E-state index in [-0.39, 0.29) is 25.5 Å². The van der Waals surface area contributed by atoms with Gasteiger partial charge in [0.05, 0.1) is 0 Å². The number of nitrogens with zero attached hydrogens (tertiary/aromatic N) is 1. The van der Waals surface area contributed by atoms with E-state index in [1.54, 1.807) is 20.8 Å². The summed E-state index contributed by atoms with van der Waals surface area (Å²) in [6.07, 6.45) is 1.12. The molecule has 8 heteroatoms. The molecule has 0 saturated carbocycles. The van der Waals surface area contributed by atoms with Crippen LogP contribution in [0.4, 0.5) is 4.79 Å². The van der Waals surface area contributed by atoms with E-state index >= 15 is 0 Å². The van der Waals surface area contributed by atoms with E-state index in [1.165, 1.54) is 0 Å². The van der Waals surface area contributed by atoms with Crippen molar-refractivity contribution in [2.45, 2.75) is 69.6 Å². The fourth-order valence-electron chi connectivity index (χ4n) is 5.23. The van der Waals surface area contributed by atoms with Gasteiger partial charge in [-0.05, 0) is 55.9 Å². The van der Waals surface area contributed by atoms with Crippen LogP contribution in [0.3, 0.4) is 0 Å². The Morgan fingerprint density at radius 2 is 1.58 bits per heavy atom. The number of carbonyl (C=O) groups excluding carboxylic acids is 2. The largest absolute Gasteiger partial charge is 0.480 e. The minimum Gasteiger partial charge on any atom is -0.480 e. The lowest BCUT2D eigenvalue weighted by Gasteiger charge is -2.41. The molecule has 0 aromatic heterocycles. The average Bonchev–Trinajstić information content (AvgIpc) is 3.12. The van der Waals surface area contributed by atoms with Crippen molar-refractivity contribution in [1.82, 2.24) is 4.90 Å². The average molecular weight is 495 g/mol. The highest BCUT2D eigenvalue weighted by Crippen LogP contribution is 2.44. The molecule has 1 aliphatic carbocycles. The number of likely N-dealkylation sites (tertiary alicyclic amines) is 1. The van der Waals surface area contributed by atoms with Crippen molar-refractivity contribution in [1.29, 1.82) is 0 Å². The number of esters is 1. The first-order chi connectivity index (χ1) is 17.0. The predicted molar refractivity (Wildman–Crippen MR) is 134 cm³/mol. The molecule has 1 amide bonds. The molecule has 4 rings (SSSR count). The molecule has 3 N–H and O–H groups in total. The van der Waals surface area contributed by atoms with E-state index in [0.717, 1.165) is 27.2 Å². The summed E-state index contributed by atoms with van der Waals surface area (Å²) in [4.78, 5) is 40.1. The lowest BCUT2D eigenvalue weighted by Crippen LogP contribution is -2.68. The highest BCUT2D eigenvalue weighted by molar-refractivity contribution is 5.92. The van der Waals surface area contributed by atoms with Crippen LogP contribution in [0.15, 0.2) is 48.5 Å². The van der Waals surface area contributed by atoms with Crippen LogP contribution in [-0.4, -0.2) is 58.4 Å². The Bertz CT molecular complexity index is 1110. The number of ether oxygens (including phenoxy) is 2. The van der Waals surface area contributed by atoms with Gasteiger partial charge in [0.15, 0.2) is 6.04 Å². The summed E-state index contributed by atoms with van der Waals surface area (Å²) >= 11 is 0. The molecule has 1 aliphatic heterocycles. The van der Waals surface area contributed by atoms with Crippen LogP contribution < -0.4 is 5.73 Å². The van der Waals surface area contributed by atoms with Gasteiger partial charge in [-0.1, -0.05) is 61.4 Å². The number of carboxylic acids is 1. The van der Waals surface area contributed by atoms with Gasteiger partial charge in [0.1, 0.15) is 17.7 Å². The van der Waals surface area contributed by atoms with Crippen LogP contribution in [0, 0.1) is 0 Å². The number of hydrogen-bond donors (Lipinski definition) is 2. The quantitative estimate of drug-likeness (QED) is 0.608. The number of benzene rings is 2.